The molecule has 138 valence electrons. The molecule has 1 aromatic carbocycles. The van der Waals surface area contributed by atoms with E-state index in [9.17, 15) is 9.59 Å². The minimum Gasteiger partial charge on any atom is -0.465 e. The monoisotopic (exact) mass is 375 g/mol. The van der Waals surface area contributed by atoms with Crippen LogP contribution in [0.4, 0.5) is 5.69 Å². The second-order valence-corrected chi connectivity index (χ2v) is 7.22. The minimum absolute atomic E-state index is 0.0116. The summed E-state index contributed by atoms with van der Waals surface area (Å²) in [7, 11) is 1.36. The average molecular weight is 375 g/mol. The Morgan fingerprint density at radius 3 is 2.73 bits per heavy atom. The first-order valence-corrected chi connectivity index (χ1v) is 9.20. The smallest absolute Gasteiger partial charge is 0.348 e. The number of amides is 1. The van der Waals surface area contributed by atoms with E-state index in [-0.39, 0.29) is 24.5 Å². The molecule has 0 saturated carbocycles. The van der Waals surface area contributed by atoms with Gasteiger partial charge in [-0.1, -0.05) is 12.1 Å². The summed E-state index contributed by atoms with van der Waals surface area (Å²) in [5, 5.41) is 9.15. The van der Waals surface area contributed by atoms with Gasteiger partial charge in [-0.05, 0) is 36.2 Å². The van der Waals surface area contributed by atoms with Gasteiger partial charge in [0.1, 0.15) is 4.88 Å². The van der Waals surface area contributed by atoms with E-state index in [0.717, 1.165) is 22.5 Å². The lowest BCUT2D eigenvalue weighted by atomic mass is 10.2. The molecule has 1 aromatic heterocycles. The number of esters is 1. The molecule has 1 aliphatic heterocycles. The van der Waals surface area contributed by atoms with Gasteiger partial charge in [0.15, 0.2) is 0 Å². The van der Waals surface area contributed by atoms with Gasteiger partial charge in [0.2, 0.25) is 5.91 Å². The maximum atomic E-state index is 12.3. The Labute approximate surface area is 156 Å². The number of hydrogen-bond acceptors (Lipinski definition) is 6. The number of thiophene rings is 1. The van der Waals surface area contributed by atoms with Gasteiger partial charge in [-0.2, -0.15) is 0 Å². The van der Waals surface area contributed by atoms with E-state index in [1.165, 1.54) is 18.4 Å². The lowest BCUT2D eigenvalue weighted by Crippen LogP contribution is -2.36. The first kappa shape index (κ1) is 18.6. The van der Waals surface area contributed by atoms with E-state index in [1.807, 2.05) is 30.3 Å². The number of rotatable bonds is 7. The summed E-state index contributed by atoms with van der Waals surface area (Å²) in [4.78, 5) is 27.0. The Hall–Kier alpha value is -2.22. The summed E-state index contributed by atoms with van der Waals surface area (Å²) in [5.74, 6) is -0.264. The van der Waals surface area contributed by atoms with Crippen molar-refractivity contribution in [3.8, 4) is 0 Å². The van der Waals surface area contributed by atoms with Crippen molar-refractivity contribution < 1.29 is 24.2 Å². The standard InChI is InChI=1S/C19H21NO5S/c1-24-19(23)17-8-7-16(26-17)12-25-11-15-6-9-18(22)20(15)14-4-2-13(10-21)3-5-14/h2-5,7-8,15,21H,6,9-12H2,1H3/t15-/m1/s1. The van der Waals surface area contributed by atoms with Gasteiger partial charge in [-0.25, -0.2) is 4.79 Å². The second kappa shape index (κ2) is 8.44. The number of carbonyl (C=O) groups is 2. The minimum atomic E-state index is -0.347. The highest BCUT2D eigenvalue weighted by molar-refractivity contribution is 7.13. The van der Waals surface area contributed by atoms with E-state index in [0.29, 0.717) is 24.5 Å². The quantitative estimate of drug-likeness (QED) is 0.753. The molecule has 2 aromatic rings. The number of aliphatic hydroxyl groups is 1. The molecule has 3 rings (SSSR count). The Bertz CT molecular complexity index is 770. The topological polar surface area (TPSA) is 76.1 Å². The Morgan fingerprint density at radius 1 is 1.27 bits per heavy atom. The molecular weight excluding hydrogens is 354 g/mol. The molecule has 1 fully saturated rings. The van der Waals surface area contributed by atoms with Gasteiger partial charge in [0.25, 0.3) is 0 Å². The van der Waals surface area contributed by atoms with Crippen LogP contribution in [0.2, 0.25) is 0 Å². The number of methoxy groups -OCH3 is 1. The molecule has 0 bridgehead atoms. The normalized spacial score (nSPS) is 16.9. The highest BCUT2D eigenvalue weighted by Gasteiger charge is 2.32. The molecule has 26 heavy (non-hydrogen) atoms. The Balaban J connectivity index is 1.58. The second-order valence-electron chi connectivity index (χ2n) is 6.05. The number of hydrogen-bond donors (Lipinski definition) is 1. The van der Waals surface area contributed by atoms with E-state index in [4.69, 9.17) is 14.6 Å². The number of aliphatic hydroxyl groups excluding tert-OH is 1. The lowest BCUT2D eigenvalue weighted by Gasteiger charge is -2.25. The van der Waals surface area contributed by atoms with Crippen molar-refractivity contribution in [1.82, 2.24) is 0 Å². The van der Waals surface area contributed by atoms with Crippen LogP contribution in [-0.4, -0.2) is 36.7 Å². The molecule has 2 heterocycles. The Kier molecular flexibility index (Phi) is 6.03. The summed E-state index contributed by atoms with van der Waals surface area (Å²) in [5.41, 5.74) is 1.63. The fraction of sp³-hybridized carbons (Fsp3) is 0.368. The molecule has 0 aliphatic carbocycles. The van der Waals surface area contributed by atoms with Crippen molar-refractivity contribution in [1.29, 1.82) is 0 Å². The van der Waals surface area contributed by atoms with Gasteiger partial charge in [0.05, 0.1) is 33.0 Å². The molecular formula is C19H21NO5S. The molecule has 7 heteroatoms. The maximum absolute atomic E-state index is 12.3. The predicted molar refractivity (Wildman–Crippen MR) is 98.2 cm³/mol. The molecule has 6 nitrogen and oxygen atoms in total. The number of ether oxygens (including phenoxy) is 2. The van der Waals surface area contributed by atoms with Crippen LogP contribution in [0.1, 0.15) is 33.0 Å². The highest BCUT2D eigenvalue weighted by Crippen LogP contribution is 2.27. The molecule has 1 aliphatic rings. The van der Waals surface area contributed by atoms with Crippen LogP contribution in [0, 0.1) is 0 Å². The fourth-order valence-corrected chi connectivity index (χ4v) is 3.84. The van der Waals surface area contributed by atoms with Crippen LogP contribution in [0.5, 0.6) is 0 Å². The predicted octanol–water partition coefficient (Wildman–Crippen LogP) is 2.74. The van der Waals surface area contributed by atoms with Crippen LogP contribution in [0.25, 0.3) is 0 Å². The highest BCUT2D eigenvalue weighted by atomic mass is 32.1. The van der Waals surface area contributed by atoms with Gasteiger partial charge in [-0.3, -0.25) is 4.79 Å². The van der Waals surface area contributed by atoms with Gasteiger partial charge in [0, 0.05) is 17.0 Å². The number of carbonyl (C=O) groups excluding carboxylic acids is 2. The maximum Gasteiger partial charge on any atom is 0.348 e. The Morgan fingerprint density at radius 2 is 2.04 bits per heavy atom. The molecule has 0 radical (unpaired) electrons. The van der Waals surface area contributed by atoms with E-state index in [2.05, 4.69) is 0 Å². The first-order valence-electron chi connectivity index (χ1n) is 8.39. The molecule has 1 saturated heterocycles. The molecule has 1 amide bonds. The third kappa shape index (κ3) is 4.12. The summed E-state index contributed by atoms with van der Waals surface area (Å²) in [6, 6.07) is 10.9. The van der Waals surface area contributed by atoms with E-state index < -0.39 is 0 Å². The van der Waals surface area contributed by atoms with Crippen molar-refractivity contribution in [3.63, 3.8) is 0 Å². The van der Waals surface area contributed by atoms with Crippen LogP contribution in [-0.2, 0) is 27.5 Å². The summed E-state index contributed by atoms with van der Waals surface area (Å²) in [6.07, 6.45) is 1.25. The zero-order chi connectivity index (χ0) is 18.5. The first-order chi connectivity index (χ1) is 12.6. The van der Waals surface area contributed by atoms with E-state index in [1.54, 1.807) is 11.0 Å². The van der Waals surface area contributed by atoms with E-state index >= 15 is 0 Å². The zero-order valence-corrected chi connectivity index (χ0v) is 15.3. The third-order valence-electron chi connectivity index (χ3n) is 4.33. The largest absolute Gasteiger partial charge is 0.465 e. The van der Waals surface area contributed by atoms with Gasteiger partial charge in [-0.15, -0.1) is 11.3 Å². The number of anilines is 1. The molecule has 0 unspecified atom stereocenters. The summed E-state index contributed by atoms with van der Waals surface area (Å²) >= 11 is 1.35. The van der Waals surface area contributed by atoms with Crippen molar-refractivity contribution >= 4 is 28.9 Å². The average Bonchev–Trinajstić information content (AvgIpc) is 3.28. The van der Waals surface area contributed by atoms with Crippen LogP contribution < -0.4 is 4.90 Å². The van der Waals surface area contributed by atoms with Crippen molar-refractivity contribution in [2.45, 2.75) is 32.1 Å². The SMILES string of the molecule is COC(=O)c1ccc(COC[C@H]2CCC(=O)N2c2ccc(CO)cc2)s1. The van der Waals surface area contributed by atoms with Gasteiger partial charge < -0.3 is 19.5 Å². The lowest BCUT2D eigenvalue weighted by molar-refractivity contribution is -0.117. The van der Waals surface area contributed by atoms with Crippen molar-refractivity contribution in [2.24, 2.45) is 0 Å². The van der Waals surface area contributed by atoms with Crippen LogP contribution >= 0.6 is 11.3 Å². The molecule has 0 spiro atoms. The van der Waals surface area contributed by atoms with Crippen molar-refractivity contribution in [2.75, 3.05) is 18.6 Å². The number of benzene rings is 1. The van der Waals surface area contributed by atoms with Crippen LogP contribution in [0.15, 0.2) is 36.4 Å². The number of nitrogens with zero attached hydrogens (tertiary/aromatic N) is 1. The molecule has 1 N–H and O–H groups in total. The fourth-order valence-electron chi connectivity index (χ4n) is 2.98. The zero-order valence-electron chi connectivity index (χ0n) is 14.5. The molecule has 1 atom stereocenters. The van der Waals surface area contributed by atoms with Crippen LogP contribution in [0.3, 0.4) is 0 Å². The van der Waals surface area contributed by atoms with Gasteiger partial charge >= 0.3 is 5.97 Å². The van der Waals surface area contributed by atoms with Crippen molar-refractivity contribution in [3.05, 3.63) is 51.7 Å². The third-order valence-corrected chi connectivity index (χ3v) is 5.36. The summed E-state index contributed by atoms with van der Waals surface area (Å²) < 4.78 is 10.5. The summed E-state index contributed by atoms with van der Waals surface area (Å²) in [6.45, 7) is 0.803.